The predicted octanol–water partition coefficient (Wildman–Crippen LogP) is 4.61. The van der Waals surface area contributed by atoms with E-state index in [-0.39, 0.29) is 26.9 Å². The third kappa shape index (κ3) is 4.76. The van der Waals surface area contributed by atoms with E-state index >= 15 is 0 Å². The fourth-order valence-corrected chi connectivity index (χ4v) is 3.90. The Balaban J connectivity index is 1.90. The van der Waals surface area contributed by atoms with Crippen molar-refractivity contribution in [3.8, 4) is 0 Å². The number of anilines is 2. The number of halogens is 1. The van der Waals surface area contributed by atoms with E-state index in [1.54, 1.807) is 24.3 Å². The Hall–Kier alpha value is -3.43. The zero-order valence-corrected chi connectivity index (χ0v) is 17.2. The van der Waals surface area contributed by atoms with Gasteiger partial charge < -0.3 is 5.32 Å². The van der Waals surface area contributed by atoms with Crippen molar-refractivity contribution in [3.63, 3.8) is 0 Å². The molecule has 0 aliphatic rings. The molecule has 0 saturated heterocycles. The largest absolute Gasteiger partial charge is 0.316 e. The van der Waals surface area contributed by atoms with Crippen LogP contribution in [0.1, 0.15) is 15.9 Å². The molecule has 0 fully saturated rings. The lowest BCUT2D eigenvalue weighted by Gasteiger charge is -2.11. The van der Waals surface area contributed by atoms with Crippen LogP contribution in [0.5, 0.6) is 0 Å². The monoisotopic (exact) mass is 445 g/mol. The van der Waals surface area contributed by atoms with Crippen molar-refractivity contribution in [2.75, 3.05) is 10.0 Å². The second-order valence-corrected chi connectivity index (χ2v) is 8.43. The standard InChI is InChI=1S/C20H16ClN3O5S/c1-13-6-8-14(9-7-13)23-30(28,29)15-10-11-17(21)16(12-15)20(25)22-18-4-2-3-5-19(18)24(26)27/h2-12,23H,1H3,(H,22,25). The Morgan fingerprint density at radius 2 is 1.70 bits per heavy atom. The van der Waals surface area contributed by atoms with Crippen molar-refractivity contribution in [1.29, 1.82) is 0 Å². The van der Waals surface area contributed by atoms with Gasteiger partial charge in [-0.1, -0.05) is 41.4 Å². The van der Waals surface area contributed by atoms with Gasteiger partial charge in [0.25, 0.3) is 21.6 Å². The summed E-state index contributed by atoms with van der Waals surface area (Å²) in [5.41, 5.74) is 0.864. The quantitative estimate of drug-likeness (QED) is 0.424. The number of hydrogen-bond acceptors (Lipinski definition) is 5. The van der Waals surface area contributed by atoms with E-state index in [0.29, 0.717) is 5.69 Å². The lowest BCUT2D eigenvalue weighted by Crippen LogP contribution is -2.17. The van der Waals surface area contributed by atoms with Crippen molar-refractivity contribution in [2.24, 2.45) is 0 Å². The average Bonchev–Trinajstić information content (AvgIpc) is 2.70. The second-order valence-electron chi connectivity index (χ2n) is 6.34. The maximum Gasteiger partial charge on any atom is 0.292 e. The first-order chi connectivity index (χ1) is 14.2. The van der Waals surface area contributed by atoms with Crippen LogP contribution >= 0.6 is 11.6 Å². The number of nitro benzene ring substituents is 1. The molecule has 0 aromatic heterocycles. The number of hydrogen-bond donors (Lipinski definition) is 2. The summed E-state index contributed by atoms with van der Waals surface area (Å²) in [4.78, 5) is 23.0. The highest BCUT2D eigenvalue weighted by Gasteiger charge is 2.21. The van der Waals surface area contributed by atoms with E-state index in [2.05, 4.69) is 10.0 Å². The first kappa shape index (κ1) is 21.3. The summed E-state index contributed by atoms with van der Waals surface area (Å²) in [7, 11) is -3.99. The predicted molar refractivity (Wildman–Crippen MR) is 114 cm³/mol. The molecular formula is C20H16ClN3O5S. The Morgan fingerprint density at radius 1 is 1.03 bits per heavy atom. The van der Waals surface area contributed by atoms with Crippen molar-refractivity contribution in [2.45, 2.75) is 11.8 Å². The van der Waals surface area contributed by atoms with Gasteiger partial charge in [-0.2, -0.15) is 0 Å². The molecule has 0 spiro atoms. The van der Waals surface area contributed by atoms with Crippen molar-refractivity contribution >= 4 is 44.6 Å². The first-order valence-electron chi connectivity index (χ1n) is 8.61. The molecule has 30 heavy (non-hydrogen) atoms. The summed E-state index contributed by atoms with van der Waals surface area (Å²) in [5.74, 6) is -0.776. The maximum absolute atomic E-state index is 12.7. The van der Waals surface area contributed by atoms with Gasteiger partial charge in [-0.15, -0.1) is 0 Å². The number of amides is 1. The number of aryl methyl sites for hydroxylation is 1. The zero-order valence-electron chi connectivity index (χ0n) is 15.6. The topological polar surface area (TPSA) is 118 Å². The summed E-state index contributed by atoms with van der Waals surface area (Å²) in [5, 5.41) is 13.5. The minimum atomic E-state index is -3.99. The van der Waals surface area contributed by atoms with E-state index in [1.807, 2.05) is 6.92 Å². The molecule has 0 unspecified atom stereocenters. The number of nitro groups is 1. The van der Waals surface area contributed by atoms with Gasteiger partial charge in [-0.05, 0) is 43.3 Å². The van der Waals surface area contributed by atoms with Gasteiger partial charge in [0.1, 0.15) is 5.69 Å². The molecule has 3 aromatic carbocycles. The molecule has 0 heterocycles. The van der Waals surface area contributed by atoms with Crippen molar-refractivity contribution < 1.29 is 18.1 Å². The van der Waals surface area contributed by atoms with Gasteiger partial charge >= 0.3 is 0 Å². The fourth-order valence-electron chi connectivity index (χ4n) is 2.61. The number of carbonyl (C=O) groups excluding carboxylic acids is 1. The highest BCUT2D eigenvalue weighted by Crippen LogP contribution is 2.27. The molecule has 0 aliphatic carbocycles. The van der Waals surface area contributed by atoms with Crippen LogP contribution in [0.2, 0.25) is 5.02 Å². The minimum absolute atomic E-state index is 0.000343. The zero-order chi connectivity index (χ0) is 21.9. The summed E-state index contributed by atoms with van der Waals surface area (Å²) in [6.45, 7) is 1.87. The molecule has 1 amide bonds. The molecule has 0 atom stereocenters. The SMILES string of the molecule is Cc1ccc(NS(=O)(=O)c2ccc(Cl)c(C(=O)Nc3ccccc3[N+](=O)[O-])c2)cc1. The van der Waals surface area contributed by atoms with Gasteiger partial charge in [0, 0.05) is 11.8 Å². The smallest absolute Gasteiger partial charge is 0.292 e. The number of carbonyl (C=O) groups is 1. The average molecular weight is 446 g/mol. The number of sulfonamides is 1. The molecule has 3 aromatic rings. The van der Waals surface area contributed by atoms with E-state index < -0.39 is 20.9 Å². The van der Waals surface area contributed by atoms with E-state index in [4.69, 9.17) is 11.6 Å². The van der Waals surface area contributed by atoms with Gasteiger partial charge in [-0.3, -0.25) is 19.6 Å². The summed E-state index contributed by atoms with van der Waals surface area (Å²) in [6.07, 6.45) is 0. The van der Waals surface area contributed by atoms with Crippen LogP contribution in [0, 0.1) is 17.0 Å². The molecular weight excluding hydrogens is 430 g/mol. The van der Waals surface area contributed by atoms with Gasteiger partial charge in [0.2, 0.25) is 0 Å². The highest BCUT2D eigenvalue weighted by atomic mass is 35.5. The summed E-state index contributed by atoms with van der Waals surface area (Å²) >= 11 is 6.08. The first-order valence-corrected chi connectivity index (χ1v) is 10.5. The van der Waals surface area contributed by atoms with Gasteiger partial charge in [0.15, 0.2) is 0 Å². The molecule has 0 radical (unpaired) electrons. The second kappa shape index (κ2) is 8.52. The Morgan fingerprint density at radius 3 is 2.37 bits per heavy atom. The lowest BCUT2D eigenvalue weighted by molar-refractivity contribution is -0.383. The van der Waals surface area contributed by atoms with Crippen LogP contribution < -0.4 is 10.0 Å². The molecule has 8 nitrogen and oxygen atoms in total. The van der Waals surface area contributed by atoms with Gasteiger partial charge in [-0.25, -0.2) is 8.42 Å². The molecule has 2 N–H and O–H groups in total. The number of nitrogens with one attached hydrogen (secondary N) is 2. The van der Waals surface area contributed by atoms with Crippen LogP contribution in [0.3, 0.4) is 0 Å². The third-order valence-electron chi connectivity index (χ3n) is 4.15. The number of para-hydroxylation sites is 2. The Kier molecular flexibility index (Phi) is 6.04. The van der Waals surface area contributed by atoms with Crippen LogP contribution in [0.15, 0.2) is 71.6 Å². The highest BCUT2D eigenvalue weighted by molar-refractivity contribution is 7.92. The molecule has 0 saturated carbocycles. The molecule has 10 heteroatoms. The maximum atomic E-state index is 12.7. The molecule has 0 aliphatic heterocycles. The van der Waals surface area contributed by atoms with E-state index in [1.165, 1.54) is 36.4 Å². The lowest BCUT2D eigenvalue weighted by atomic mass is 10.2. The van der Waals surface area contributed by atoms with Crippen molar-refractivity contribution in [3.05, 3.63) is 93.0 Å². The third-order valence-corrected chi connectivity index (χ3v) is 5.85. The van der Waals surface area contributed by atoms with Crippen LogP contribution in [0.25, 0.3) is 0 Å². The fraction of sp³-hybridized carbons (Fsp3) is 0.0500. The normalized spacial score (nSPS) is 11.0. The number of benzene rings is 3. The Labute approximate surface area is 177 Å². The molecule has 3 rings (SSSR count). The van der Waals surface area contributed by atoms with E-state index in [9.17, 15) is 23.3 Å². The van der Waals surface area contributed by atoms with Crippen LogP contribution in [-0.4, -0.2) is 19.2 Å². The van der Waals surface area contributed by atoms with Crippen molar-refractivity contribution in [1.82, 2.24) is 0 Å². The molecule has 0 bridgehead atoms. The number of rotatable bonds is 6. The summed E-state index contributed by atoms with van der Waals surface area (Å²) < 4.78 is 27.8. The summed E-state index contributed by atoms with van der Waals surface area (Å²) in [6, 6.07) is 16.0. The van der Waals surface area contributed by atoms with Crippen LogP contribution in [-0.2, 0) is 10.0 Å². The van der Waals surface area contributed by atoms with E-state index in [0.717, 1.165) is 11.6 Å². The molecule has 154 valence electrons. The van der Waals surface area contributed by atoms with Gasteiger partial charge in [0.05, 0.1) is 20.4 Å². The minimum Gasteiger partial charge on any atom is -0.316 e. The van der Waals surface area contributed by atoms with Crippen LogP contribution in [0.4, 0.5) is 17.1 Å². The number of nitrogens with zero attached hydrogens (tertiary/aromatic N) is 1. The Bertz CT molecular complexity index is 1230.